The van der Waals surface area contributed by atoms with E-state index in [2.05, 4.69) is 0 Å². The first-order valence-corrected chi connectivity index (χ1v) is 6.46. The number of hydrogen-bond acceptors (Lipinski definition) is 3. The molecule has 0 fully saturated rings. The van der Waals surface area contributed by atoms with Crippen molar-refractivity contribution in [3.8, 4) is 0 Å². The van der Waals surface area contributed by atoms with Crippen LogP contribution in [0.5, 0.6) is 0 Å². The molecule has 4 heteroatoms. The van der Waals surface area contributed by atoms with E-state index in [0.717, 1.165) is 21.9 Å². The smallest absolute Gasteiger partial charge is 0.303 e. The first-order valence-electron chi connectivity index (χ1n) is 6.46. The quantitative estimate of drug-likeness (QED) is 0.761. The van der Waals surface area contributed by atoms with Crippen LogP contribution in [0.15, 0.2) is 46.9 Å². The van der Waals surface area contributed by atoms with Crippen LogP contribution < -0.4 is 0 Å². The number of fused-ring (bicyclic) bond motifs is 3. The van der Waals surface area contributed by atoms with Crippen LogP contribution in [0, 0.1) is 0 Å². The molecule has 0 saturated carbocycles. The van der Waals surface area contributed by atoms with Gasteiger partial charge in [-0.3, -0.25) is 4.79 Å². The Kier molecular flexibility index (Phi) is 3.16. The van der Waals surface area contributed by atoms with Gasteiger partial charge in [0, 0.05) is 17.2 Å². The minimum atomic E-state index is -0.904. The number of para-hydroxylation sites is 1. The molecule has 0 spiro atoms. The van der Waals surface area contributed by atoms with E-state index in [1.165, 1.54) is 0 Å². The lowest BCUT2D eigenvalue weighted by Gasteiger charge is -2.09. The highest BCUT2D eigenvalue weighted by Gasteiger charge is 2.13. The average Bonchev–Trinajstić information content (AvgIpc) is 2.82. The van der Waals surface area contributed by atoms with Gasteiger partial charge in [0.15, 0.2) is 0 Å². The number of carboxylic acids is 1. The molecule has 0 aliphatic rings. The van der Waals surface area contributed by atoms with Crippen LogP contribution in [0.4, 0.5) is 0 Å². The first-order chi connectivity index (χ1) is 9.65. The minimum absolute atomic E-state index is 0.0503. The lowest BCUT2D eigenvalue weighted by atomic mass is 10.0. The zero-order chi connectivity index (χ0) is 14.1. The normalized spacial score (nSPS) is 12.8. The molecule has 1 heterocycles. The number of hydrogen-bond donors (Lipinski definition) is 2. The first kappa shape index (κ1) is 12.7. The van der Waals surface area contributed by atoms with Gasteiger partial charge in [0.25, 0.3) is 0 Å². The SMILES string of the molecule is O=C(O)CCC(O)c1ccc2oc3ccccc3c2c1. The highest BCUT2D eigenvalue weighted by Crippen LogP contribution is 2.31. The maximum Gasteiger partial charge on any atom is 0.303 e. The predicted octanol–water partition coefficient (Wildman–Crippen LogP) is 3.48. The van der Waals surface area contributed by atoms with Crippen molar-refractivity contribution in [2.45, 2.75) is 18.9 Å². The number of aliphatic carboxylic acids is 1. The van der Waals surface area contributed by atoms with Gasteiger partial charge < -0.3 is 14.6 Å². The third-order valence-electron chi connectivity index (χ3n) is 3.42. The molecule has 2 N–H and O–H groups in total. The summed E-state index contributed by atoms with van der Waals surface area (Å²) in [6, 6.07) is 13.2. The summed E-state index contributed by atoms with van der Waals surface area (Å²) in [5.74, 6) is -0.904. The number of carbonyl (C=O) groups is 1. The van der Waals surface area contributed by atoms with Gasteiger partial charge in [0.1, 0.15) is 11.2 Å². The summed E-state index contributed by atoms with van der Waals surface area (Å²) in [7, 11) is 0. The Morgan fingerprint density at radius 2 is 1.85 bits per heavy atom. The molecule has 4 nitrogen and oxygen atoms in total. The fourth-order valence-electron chi connectivity index (χ4n) is 2.38. The number of carboxylic acid groups (broad SMARTS) is 1. The lowest BCUT2D eigenvalue weighted by molar-refractivity contribution is -0.137. The molecule has 102 valence electrons. The fourth-order valence-corrected chi connectivity index (χ4v) is 2.38. The molecule has 1 atom stereocenters. The van der Waals surface area contributed by atoms with Crippen molar-refractivity contribution in [3.05, 3.63) is 48.0 Å². The summed E-state index contributed by atoms with van der Waals surface area (Å²) in [5.41, 5.74) is 2.28. The van der Waals surface area contributed by atoms with Crippen molar-refractivity contribution in [1.82, 2.24) is 0 Å². The Morgan fingerprint density at radius 3 is 2.65 bits per heavy atom. The predicted molar refractivity (Wildman–Crippen MR) is 75.5 cm³/mol. The van der Waals surface area contributed by atoms with E-state index >= 15 is 0 Å². The molecule has 1 unspecified atom stereocenters. The molecule has 0 aliphatic carbocycles. The maximum atomic E-state index is 10.6. The summed E-state index contributed by atoms with van der Waals surface area (Å²) in [6.45, 7) is 0. The molecule has 2 aromatic carbocycles. The second-order valence-electron chi connectivity index (χ2n) is 4.80. The van der Waals surface area contributed by atoms with E-state index in [0.29, 0.717) is 5.56 Å². The van der Waals surface area contributed by atoms with Crippen LogP contribution in [0.25, 0.3) is 21.9 Å². The van der Waals surface area contributed by atoms with Gasteiger partial charge in [-0.25, -0.2) is 0 Å². The van der Waals surface area contributed by atoms with Crippen LogP contribution in [0.2, 0.25) is 0 Å². The Morgan fingerprint density at radius 1 is 1.10 bits per heavy atom. The topological polar surface area (TPSA) is 70.7 Å². The van der Waals surface area contributed by atoms with Gasteiger partial charge in [-0.15, -0.1) is 0 Å². The lowest BCUT2D eigenvalue weighted by Crippen LogP contribution is -2.02. The van der Waals surface area contributed by atoms with E-state index < -0.39 is 12.1 Å². The molecule has 0 radical (unpaired) electrons. The van der Waals surface area contributed by atoms with Crippen LogP contribution in [-0.2, 0) is 4.79 Å². The highest BCUT2D eigenvalue weighted by atomic mass is 16.4. The summed E-state index contributed by atoms with van der Waals surface area (Å²) < 4.78 is 5.71. The molecule has 1 aromatic heterocycles. The number of rotatable bonds is 4. The van der Waals surface area contributed by atoms with Crippen molar-refractivity contribution in [3.63, 3.8) is 0 Å². The van der Waals surface area contributed by atoms with Crippen LogP contribution >= 0.6 is 0 Å². The summed E-state index contributed by atoms with van der Waals surface area (Å²) in [6.07, 6.45) is -0.619. The minimum Gasteiger partial charge on any atom is -0.481 e. The molecule has 0 bridgehead atoms. The van der Waals surface area contributed by atoms with Crippen molar-refractivity contribution in [2.24, 2.45) is 0 Å². The zero-order valence-corrected chi connectivity index (χ0v) is 10.7. The third kappa shape index (κ3) is 2.26. The molecule has 3 rings (SSSR count). The fraction of sp³-hybridized carbons (Fsp3) is 0.188. The molecule has 0 aliphatic heterocycles. The Labute approximate surface area is 115 Å². The van der Waals surface area contributed by atoms with Crippen LogP contribution in [0.1, 0.15) is 24.5 Å². The van der Waals surface area contributed by atoms with Crippen molar-refractivity contribution < 1.29 is 19.4 Å². The van der Waals surface area contributed by atoms with Crippen molar-refractivity contribution in [2.75, 3.05) is 0 Å². The highest BCUT2D eigenvalue weighted by molar-refractivity contribution is 6.04. The van der Waals surface area contributed by atoms with Crippen molar-refractivity contribution in [1.29, 1.82) is 0 Å². The number of furan rings is 1. The largest absolute Gasteiger partial charge is 0.481 e. The Bertz CT molecular complexity index is 772. The van der Waals surface area contributed by atoms with Crippen LogP contribution in [-0.4, -0.2) is 16.2 Å². The molecule has 0 amide bonds. The molecular formula is C16H14O4. The van der Waals surface area contributed by atoms with E-state index in [9.17, 15) is 9.90 Å². The van der Waals surface area contributed by atoms with E-state index in [1.807, 2.05) is 36.4 Å². The monoisotopic (exact) mass is 270 g/mol. The van der Waals surface area contributed by atoms with Gasteiger partial charge in [-0.1, -0.05) is 24.3 Å². The second-order valence-corrected chi connectivity index (χ2v) is 4.80. The third-order valence-corrected chi connectivity index (χ3v) is 3.42. The van der Waals surface area contributed by atoms with E-state index in [1.54, 1.807) is 6.07 Å². The Balaban J connectivity index is 2.01. The molecule has 20 heavy (non-hydrogen) atoms. The van der Waals surface area contributed by atoms with Gasteiger partial charge in [-0.05, 0) is 30.2 Å². The zero-order valence-electron chi connectivity index (χ0n) is 10.7. The van der Waals surface area contributed by atoms with Crippen molar-refractivity contribution >= 4 is 27.9 Å². The number of aliphatic hydroxyl groups is 1. The molecule has 0 saturated heterocycles. The molecule has 3 aromatic rings. The average molecular weight is 270 g/mol. The van der Waals surface area contributed by atoms with Gasteiger partial charge in [-0.2, -0.15) is 0 Å². The summed E-state index contributed by atoms with van der Waals surface area (Å²) in [4.78, 5) is 10.6. The van der Waals surface area contributed by atoms with Gasteiger partial charge >= 0.3 is 5.97 Å². The number of aliphatic hydroxyl groups excluding tert-OH is 1. The Hall–Kier alpha value is -2.33. The number of benzene rings is 2. The molecular weight excluding hydrogens is 256 g/mol. The van der Waals surface area contributed by atoms with E-state index in [-0.39, 0.29) is 12.8 Å². The standard InChI is InChI=1S/C16H14O4/c17-13(6-8-16(18)19)10-5-7-15-12(9-10)11-3-1-2-4-14(11)20-15/h1-5,7,9,13,17H,6,8H2,(H,18,19). The van der Waals surface area contributed by atoms with E-state index in [4.69, 9.17) is 9.52 Å². The summed E-state index contributed by atoms with van der Waals surface area (Å²) in [5, 5.41) is 20.6. The second kappa shape index (κ2) is 4.98. The summed E-state index contributed by atoms with van der Waals surface area (Å²) >= 11 is 0. The van der Waals surface area contributed by atoms with Crippen LogP contribution in [0.3, 0.4) is 0 Å². The van der Waals surface area contributed by atoms with Gasteiger partial charge in [0.2, 0.25) is 0 Å². The van der Waals surface area contributed by atoms with Gasteiger partial charge in [0.05, 0.1) is 6.10 Å². The maximum absolute atomic E-state index is 10.6.